The molecule has 1 atom stereocenters. The minimum Gasteiger partial charge on any atom is -0.478 e. The summed E-state index contributed by atoms with van der Waals surface area (Å²) < 4.78 is 0. The molecule has 0 saturated carbocycles. The Hall–Kier alpha value is -2.14. The van der Waals surface area contributed by atoms with Gasteiger partial charge < -0.3 is 14.9 Å². The van der Waals surface area contributed by atoms with E-state index in [-0.39, 0.29) is 5.91 Å². The van der Waals surface area contributed by atoms with Crippen molar-refractivity contribution in [2.24, 2.45) is 0 Å². The summed E-state index contributed by atoms with van der Waals surface area (Å²) in [7, 11) is 4.06. The van der Waals surface area contributed by atoms with E-state index in [1.807, 2.05) is 19.0 Å². The van der Waals surface area contributed by atoms with Crippen LogP contribution in [0.1, 0.15) is 22.3 Å². The molecule has 0 aromatic heterocycles. The average Bonchev–Trinajstić information content (AvgIpc) is 2.95. The SMILES string of the molecule is CN(C)C1CCN(C(=O)c2ccc(C=CC(=O)O)cc2)C1. The van der Waals surface area contributed by atoms with Crippen LogP contribution in [0.5, 0.6) is 0 Å². The van der Waals surface area contributed by atoms with Gasteiger partial charge in [0, 0.05) is 30.8 Å². The first-order valence-electron chi connectivity index (χ1n) is 6.94. The van der Waals surface area contributed by atoms with E-state index >= 15 is 0 Å². The molecule has 1 N–H and O–H groups in total. The van der Waals surface area contributed by atoms with Crippen LogP contribution < -0.4 is 0 Å². The highest BCUT2D eigenvalue weighted by atomic mass is 16.4. The van der Waals surface area contributed by atoms with Crippen molar-refractivity contribution in [3.8, 4) is 0 Å². The number of carboxylic acid groups (broad SMARTS) is 1. The second kappa shape index (κ2) is 6.54. The number of hydrogen-bond donors (Lipinski definition) is 1. The van der Waals surface area contributed by atoms with Crippen LogP contribution in [0.2, 0.25) is 0 Å². The van der Waals surface area contributed by atoms with Crippen molar-refractivity contribution in [3.63, 3.8) is 0 Å². The van der Waals surface area contributed by atoms with Crippen LogP contribution in [0, 0.1) is 0 Å². The number of nitrogens with zero attached hydrogens (tertiary/aromatic N) is 2. The third kappa shape index (κ3) is 3.92. The van der Waals surface area contributed by atoms with Crippen molar-refractivity contribution in [1.29, 1.82) is 0 Å². The highest BCUT2D eigenvalue weighted by molar-refractivity contribution is 5.94. The van der Waals surface area contributed by atoms with Gasteiger partial charge in [-0.15, -0.1) is 0 Å². The number of rotatable bonds is 4. The first kappa shape index (κ1) is 15.3. The van der Waals surface area contributed by atoms with Gasteiger partial charge in [0.15, 0.2) is 0 Å². The maximum absolute atomic E-state index is 12.4. The van der Waals surface area contributed by atoms with Gasteiger partial charge >= 0.3 is 5.97 Å². The molecule has 0 bridgehead atoms. The summed E-state index contributed by atoms with van der Waals surface area (Å²) in [5, 5.41) is 8.58. The predicted octanol–water partition coefficient (Wildman–Crippen LogP) is 1.56. The van der Waals surface area contributed by atoms with Crippen molar-refractivity contribution < 1.29 is 14.7 Å². The van der Waals surface area contributed by atoms with Crippen LogP contribution in [0.15, 0.2) is 30.3 Å². The normalized spacial score (nSPS) is 18.6. The zero-order chi connectivity index (χ0) is 15.4. The lowest BCUT2D eigenvalue weighted by molar-refractivity contribution is -0.131. The van der Waals surface area contributed by atoms with Gasteiger partial charge in [-0.05, 0) is 44.3 Å². The molecule has 5 heteroatoms. The number of likely N-dealkylation sites (N-methyl/N-ethyl adjacent to an activating group) is 1. The Bertz CT molecular complexity index is 549. The number of benzene rings is 1. The monoisotopic (exact) mass is 288 g/mol. The fourth-order valence-electron chi connectivity index (χ4n) is 2.43. The summed E-state index contributed by atoms with van der Waals surface area (Å²) in [6.07, 6.45) is 3.59. The molecule has 1 aromatic carbocycles. The molecule has 1 aliphatic heterocycles. The van der Waals surface area contributed by atoms with E-state index in [0.29, 0.717) is 11.6 Å². The molecule has 0 radical (unpaired) electrons. The fraction of sp³-hybridized carbons (Fsp3) is 0.375. The van der Waals surface area contributed by atoms with E-state index in [1.165, 1.54) is 6.08 Å². The van der Waals surface area contributed by atoms with Gasteiger partial charge in [-0.3, -0.25) is 4.79 Å². The van der Waals surface area contributed by atoms with Crippen LogP contribution in [0.3, 0.4) is 0 Å². The maximum atomic E-state index is 12.4. The number of likely N-dealkylation sites (tertiary alicyclic amines) is 1. The van der Waals surface area contributed by atoms with Crippen LogP contribution in [-0.2, 0) is 4.79 Å². The lowest BCUT2D eigenvalue weighted by Gasteiger charge is -2.20. The first-order valence-corrected chi connectivity index (χ1v) is 6.94. The van der Waals surface area contributed by atoms with E-state index in [2.05, 4.69) is 4.90 Å². The lowest BCUT2D eigenvalue weighted by Crippen LogP contribution is -2.34. The van der Waals surface area contributed by atoms with E-state index in [4.69, 9.17) is 5.11 Å². The van der Waals surface area contributed by atoms with Crippen molar-refractivity contribution in [1.82, 2.24) is 9.80 Å². The van der Waals surface area contributed by atoms with Gasteiger partial charge in [0.1, 0.15) is 0 Å². The minimum absolute atomic E-state index is 0.0353. The minimum atomic E-state index is -0.984. The highest BCUT2D eigenvalue weighted by Gasteiger charge is 2.27. The number of amides is 1. The van der Waals surface area contributed by atoms with E-state index in [0.717, 1.165) is 31.1 Å². The quantitative estimate of drug-likeness (QED) is 0.854. The molecule has 21 heavy (non-hydrogen) atoms. The summed E-state index contributed by atoms with van der Waals surface area (Å²) in [5.41, 5.74) is 1.41. The predicted molar refractivity (Wildman–Crippen MR) is 81.1 cm³/mol. The van der Waals surface area contributed by atoms with Crippen molar-refractivity contribution in [2.45, 2.75) is 12.5 Å². The van der Waals surface area contributed by atoms with Crippen LogP contribution >= 0.6 is 0 Å². The molecular weight excluding hydrogens is 268 g/mol. The Morgan fingerprint density at radius 3 is 2.48 bits per heavy atom. The zero-order valence-electron chi connectivity index (χ0n) is 12.3. The first-order chi connectivity index (χ1) is 9.97. The van der Waals surface area contributed by atoms with E-state index in [1.54, 1.807) is 24.3 Å². The van der Waals surface area contributed by atoms with Gasteiger partial charge in [0.2, 0.25) is 0 Å². The van der Waals surface area contributed by atoms with Gasteiger partial charge in [-0.25, -0.2) is 4.79 Å². The van der Waals surface area contributed by atoms with Crippen molar-refractivity contribution in [2.75, 3.05) is 27.2 Å². The molecule has 2 rings (SSSR count). The summed E-state index contributed by atoms with van der Waals surface area (Å²) in [5.74, 6) is -0.949. The second-order valence-corrected chi connectivity index (χ2v) is 5.45. The Labute approximate surface area is 124 Å². The number of carboxylic acids is 1. The second-order valence-electron chi connectivity index (χ2n) is 5.45. The van der Waals surface area contributed by atoms with Gasteiger partial charge in [-0.2, -0.15) is 0 Å². The Balaban J connectivity index is 2.02. The van der Waals surface area contributed by atoms with Crippen LogP contribution in [0.25, 0.3) is 6.08 Å². The van der Waals surface area contributed by atoms with Crippen LogP contribution in [-0.4, -0.2) is 60.0 Å². The zero-order valence-corrected chi connectivity index (χ0v) is 12.3. The van der Waals surface area contributed by atoms with Crippen molar-refractivity contribution >= 4 is 18.0 Å². The summed E-state index contributed by atoms with van der Waals surface area (Å²) in [4.78, 5) is 26.9. The number of aliphatic carboxylic acids is 1. The fourth-order valence-corrected chi connectivity index (χ4v) is 2.43. The number of carbonyl (C=O) groups excluding carboxylic acids is 1. The standard InChI is InChI=1S/C16H20N2O3/c1-17(2)14-9-10-18(11-14)16(21)13-6-3-12(4-7-13)5-8-15(19)20/h3-8,14H,9-11H2,1-2H3,(H,19,20). The molecule has 0 spiro atoms. The number of hydrogen-bond acceptors (Lipinski definition) is 3. The Morgan fingerprint density at radius 1 is 1.29 bits per heavy atom. The summed E-state index contributed by atoms with van der Waals surface area (Å²) >= 11 is 0. The molecule has 1 unspecified atom stereocenters. The molecule has 1 amide bonds. The Kier molecular flexibility index (Phi) is 4.75. The summed E-state index contributed by atoms with van der Waals surface area (Å²) in [6.45, 7) is 1.54. The maximum Gasteiger partial charge on any atom is 0.328 e. The topological polar surface area (TPSA) is 60.9 Å². The average molecular weight is 288 g/mol. The largest absolute Gasteiger partial charge is 0.478 e. The van der Waals surface area contributed by atoms with Gasteiger partial charge in [0.05, 0.1) is 0 Å². The molecule has 1 aromatic rings. The van der Waals surface area contributed by atoms with Gasteiger partial charge in [-0.1, -0.05) is 12.1 Å². The Morgan fingerprint density at radius 2 is 1.95 bits per heavy atom. The molecule has 112 valence electrons. The molecule has 0 aliphatic carbocycles. The molecule has 1 saturated heterocycles. The number of carbonyl (C=O) groups is 2. The van der Waals surface area contributed by atoms with Crippen molar-refractivity contribution in [3.05, 3.63) is 41.5 Å². The molecule has 1 heterocycles. The highest BCUT2D eigenvalue weighted by Crippen LogP contribution is 2.17. The molecular formula is C16H20N2O3. The van der Waals surface area contributed by atoms with E-state index in [9.17, 15) is 9.59 Å². The molecule has 1 aliphatic rings. The third-order valence-corrected chi connectivity index (χ3v) is 3.76. The molecule has 5 nitrogen and oxygen atoms in total. The van der Waals surface area contributed by atoms with Gasteiger partial charge in [0.25, 0.3) is 5.91 Å². The smallest absolute Gasteiger partial charge is 0.328 e. The summed E-state index contributed by atoms with van der Waals surface area (Å²) in [6, 6.07) is 7.42. The molecule has 1 fully saturated rings. The third-order valence-electron chi connectivity index (χ3n) is 3.76. The van der Waals surface area contributed by atoms with E-state index < -0.39 is 5.97 Å². The van der Waals surface area contributed by atoms with Crippen LogP contribution in [0.4, 0.5) is 0 Å². The lowest BCUT2D eigenvalue weighted by atomic mass is 10.1.